The Balaban J connectivity index is 2.19. The lowest BCUT2D eigenvalue weighted by atomic mass is 10.2. The van der Waals surface area contributed by atoms with Crippen LogP contribution in [0.4, 0.5) is 4.39 Å². The Morgan fingerprint density at radius 2 is 1.79 bits per heavy atom. The normalized spacial score (nSPS) is 11.2. The smallest absolute Gasteiger partial charge is 0.124 e. The summed E-state index contributed by atoms with van der Waals surface area (Å²) < 4.78 is 14.6. The van der Waals surface area contributed by atoms with Crippen molar-refractivity contribution < 1.29 is 4.39 Å². The van der Waals surface area contributed by atoms with E-state index in [9.17, 15) is 4.39 Å². The summed E-state index contributed by atoms with van der Waals surface area (Å²) in [7, 11) is 0. The number of aromatic nitrogens is 1. The number of hydrogen-bond donors (Lipinski definition) is 0. The Morgan fingerprint density at radius 3 is 2.47 bits per heavy atom. The van der Waals surface area contributed by atoms with Crippen LogP contribution in [-0.2, 0) is 0 Å². The molecule has 1 heterocycles. The fourth-order valence-electron chi connectivity index (χ4n) is 1.70. The highest BCUT2D eigenvalue weighted by Crippen LogP contribution is 2.37. The molecule has 0 radical (unpaired) electrons. The predicted molar refractivity (Wildman–Crippen MR) is 82.7 cm³/mol. The Labute approximate surface area is 131 Å². The van der Waals surface area contributed by atoms with Gasteiger partial charge in [0.1, 0.15) is 10.8 Å². The van der Waals surface area contributed by atoms with Gasteiger partial charge in [-0.15, -0.1) is 11.3 Å². The molecule has 2 aromatic carbocycles. The molecule has 6 heteroatoms. The largest absolute Gasteiger partial charge is 0.236 e. The number of nitrogens with zero attached hydrogens (tertiary/aromatic N) is 1. The summed E-state index contributed by atoms with van der Waals surface area (Å²) in [5.41, 5.74) is 1.58. The van der Waals surface area contributed by atoms with Gasteiger partial charge in [-0.2, -0.15) is 0 Å². The number of hydrogen-bond acceptors (Lipinski definition) is 2. The number of benzene rings is 2. The molecule has 0 atom stereocenters. The van der Waals surface area contributed by atoms with E-state index in [2.05, 4.69) is 20.9 Å². The molecule has 0 spiro atoms. The van der Waals surface area contributed by atoms with Crippen LogP contribution in [0.2, 0.25) is 10.0 Å². The van der Waals surface area contributed by atoms with Crippen molar-refractivity contribution in [2.45, 2.75) is 0 Å². The highest BCUT2D eigenvalue weighted by Gasteiger charge is 2.11. The average molecular weight is 377 g/mol. The minimum absolute atomic E-state index is 0.269. The lowest BCUT2D eigenvalue weighted by Gasteiger charge is -2.02. The average Bonchev–Trinajstić information content (AvgIpc) is 2.78. The molecular weight excluding hydrogens is 372 g/mol. The fraction of sp³-hybridized carbons (Fsp3) is 0. The molecular formula is C13H5BrCl2FNS. The molecule has 1 nitrogen and oxygen atoms in total. The zero-order valence-electron chi connectivity index (χ0n) is 9.25. The third-order valence-electron chi connectivity index (χ3n) is 2.58. The Kier molecular flexibility index (Phi) is 3.52. The molecule has 1 aromatic heterocycles. The van der Waals surface area contributed by atoms with Crippen molar-refractivity contribution in [1.29, 1.82) is 0 Å². The topological polar surface area (TPSA) is 12.9 Å². The lowest BCUT2D eigenvalue weighted by molar-refractivity contribution is 0.630. The molecule has 0 unspecified atom stereocenters. The van der Waals surface area contributed by atoms with Crippen molar-refractivity contribution in [1.82, 2.24) is 4.98 Å². The second-order valence-electron chi connectivity index (χ2n) is 3.88. The van der Waals surface area contributed by atoms with Crippen LogP contribution in [0.25, 0.3) is 20.8 Å². The summed E-state index contributed by atoms with van der Waals surface area (Å²) >= 11 is 16.9. The highest BCUT2D eigenvalue weighted by atomic mass is 79.9. The molecule has 0 saturated heterocycles. The van der Waals surface area contributed by atoms with Crippen molar-refractivity contribution in [2.75, 3.05) is 0 Å². The monoisotopic (exact) mass is 375 g/mol. The van der Waals surface area contributed by atoms with E-state index in [1.807, 2.05) is 0 Å². The molecule has 0 aliphatic carbocycles. The second kappa shape index (κ2) is 5.02. The van der Waals surface area contributed by atoms with E-state index < -0.39 is 0 Å². The number of fused-ring (bicyclic) bond motifs is 1. The van der Waals surface area contributed by atoms with Gasteiger partial charge in [-0.25, -0.2) is 9.37 Å². The van der Waals surface area contributed by atoms with E-state index in [-0.39, 0.29) is 5.82 Å². The maximum Gasteiger partial charge on any atom is 0.124 e. The molecule has 0 aliphatic heterocycles. The maximum absolute atomic E-state index is 13.2. The Hall–Kier alpha value is -0.680. The van der Waals surface area contributed by atoms with Gasteiger partial charge in [0.2, 0.25) is 0 Å². The minimum atomic E-state index is -0.269. The summed E-state index contributed by atoms with van der Waals surface area (Å²) in [6.07, 6.45) is 0. The SMILES string of the molecule is Fc1ccc2nc(-c3cc(Cl)c(Br)c(Cl)c3)sc2c1. The molecule has 0 aliphatic rings. The molecule has 0 bridgehead atoms. The van der Waals surface area contributed by atoms with E-state index in [0.29, 0.717) is 14.5 Å². The standard InChI is InChI=1S/C13H5BrCl2FNS/c14-12-8(15)3-6(4-9(12)16)13-18-10-2-1-7(17)5-11(10)19-13/h1-5H. The molecule has 19 heavy (non-hydrogen) atoms. The zero-order chi connectivity index (χ0) is 13.6. The van der Waals surface area contributed by atoms with Gasteiger partial charge in [0.25, 0.3) is 0 Å². The van der Waals surface area contributed by atoms with Gasteiger partial charge in [-0.3, -0.25) is 0 Å². The predicted octanol–water partition coefficient (Wildman–Crippen LogP) is 6.17. The van der Waals surface area contributed by atoms with E-state index in [0.717, 1.165) is 20.8 Å². The molecule has 0 N–H and O–H groups in total. The molecule has 3 rings (SSSR count). The van der Waals surface area contributed by atoms with Crippen LogP contribution in [0.3, 0.4) is 0 Å². The van der Waals surface area contributed by atoms with Gasteiger partial charge in [0.05, 0.1) is 24.7 Å². The van der Waals surface area contributed by atoms with Crippen LogP contribution in [-0.4, -0.2) is 4.98 Å². The lowest BCUT2D eigenvalue weighted by Crippen LogP contribution is -1.79. The Bertz CT molecular complexity index is 764. The van der Waals surface area contributed by atoms with Gasteiger partial charge in [0.15, 0.2) is 0 Å². The summed E-state index contributed by atoms with van der Waals surface area (Å²) in [6, 6.07) is 8.09. The first kappa shape index (κ1) is 13.3. The minimum Gasteiger partial charge on any atom is -0.236 e. The van der Waals surface area contributed by atoms with Crippen molar-refractivity contribution >= 4 is 60.7 Å². The first-order chi connectivity index (χ1) is 9.04. The molecule has 96 valence electrons. The summed E-state index contributed by atoms with van der Waals surface area (Å²) in [5, 5.41) is 1.80. The third-order valence-corrected chi connectivity index (χ3v) is 5.56. The van der Waals surface area contributed by atoms with Crippen LogP contribution >= 0.6 is 50.5 Å². The highest BCUT2D eigenvalue weighted by molar-refractivity contribution is 9.10. The summed E-state index contributed by atoms with van der Waals surface area (Å²) in [6.45, 7) is 0. The quantitative estimate of drug-likeness (QED) is 0.462. The van der Waals surface area contributed by atoms with Crippen LogP contribution in [0, 0.1) is 5.82 Å². The molecule has 0 amide bonds. The van der Waals surface area contributed by atoms with Gasteiger partial charge in [-0.05, 0) is 46.3 Å². The van der Waals surface area contributed by atoms with Crippen molar-refractivity contribution in [3.05, 3.63) is 50.7 Å². The number of rotatable bonds is 1. The zero-order valence-corrected chi connectivity index (χ0v) is 13.2. The van der Waals surface area contributed by atoms with Crippen LogP contribution in [0.15, 0.2) is 34.8 Å². The van der Waals surface area contributed by atoms with E-state index in [1.54, 1.807) is 18.2 Å². The first-order valence-corrected chi connectivity index (χ1v) is 7.62. The number of thiazole rings is 1. The second-order valence-corrected chi connectivity index (χ2v) is 6.52. The molecule has 0 saturated carbocycles. The molecule has 3 aromatic rings. The van der Waals surface area contributed by atoms with Gasteiger partial charge < -0.3 is 0 Å². The summed E-state index contributed by atoms with van der Waals surface area (Å²) in [4.78, 5) is 4.46. The van der Waals surface area contributed by atoms with E-state index in [1.165, 1.54) is 23.5 Å². The van der Waals surface area contributed by atoms with Crippen LogP contribution in [0.5, 0.6) is 0 Å². The van der Waals surface area contributed by atoms with Gasteiger partial charge in [-0.1, -0.05) is 23.2 Å². The van der Waals surface area contributed by atoms with Crippen molar-refractivity contribution in [3.8, 4) is 10.6 Å². The van der Waals surface area contributed by atoms with Crippen molar-refractivity contribution in [2.24, 2.45) is 0 Å². The third kappa shape index (κ3) is 2.50. The van der Waals surface area contributed by atoms with E-state index in [4.69, 9.17) is 23.2 Å². The Morgan fingerprint density at radius 1 is 1.11 bits per heavy atom. The maximum atomic E-state index is 13.2. The van der Waals surface area contributed by atoms with Gasteiger partial charge >= 0.3 is 0 Å². The summed E-state index contributed by atoms with van der Waals surface area (Å²) in [5.74, 6) is -0.269. The van der Waals surface area contributed by atoms with Crippen LogP contribution < -0.4 is 0 Å². The molecule has 0 fully saturated rings. The fourth-order valence-corrected chi connectivity index (χ4v) is 3.39. The van der Waals surface area contributed by atoms with Gasteiger partial charge in [0, 0.05) is 5.56 Å². The van der Waals surface area contributed by atoms with E-state index >= 15 is 0 Å². The van der Waals surface area contributed by atoms with Crippen LogP contribution in [0.1, 0.15) is 0 Å². The number of halogens is 4. The van der Waals surface area contributed by atoms with Crippen molar-refractivity contribution in [3.63, 3.8) is 0 Å². The first-order valence-electron chi connectivity index (χ1n) is 5.25.